The first-order chi connectivity index (χ1) is 7.21. The lowest BCUT2D eigenvalue weighted by atomic mass is 9.87. The molecular weight excluding hydrogens is 188 g/mol. The van der Waals surface area contributed by atoms with Crippen LogP contribution in [0.2, 0.25) is 0 Å². The molecule has 0 aromatic heterocycles. The van der Waals surface area contributed by atoms with Gasteiger partial charge in [0.15, 0.2) is 0 Å². The second kappa shape index (κ2) is 2.84. The van der Waals surface area contributed by atoms with Crippen LogP contribution in [0.15, 0.2) is 24.3 Å². The molecule has 0 amide bonds. The highest BCUT2D eigenvalue weighted by molar-refractivity contribution is 5.69. The number of rotatable bonds is 2. The molecule has 1 saturated carbocycles. The van der Waals surface area contributed by atoms with E-state index in [1.807, 2.05) is 6.07 Å². The van der Waals surface area contributed by atoms with E-state index in [2.05, 4.69) is 18.2 Å². The minimum absolute atomic E-state index is 0.270. The number of benzene rings is 1. The summed E-state index contributed by atoms with van der Waals surface area (Å²) in [5, 5.41) is 8.96. The van der Waals surface area contributed by atoms with Crippen molar-refractivity contribution in [2.45, 2.75) is 31.6 Å². The highest BCUT2D eigenvalue weighted by Crippen LogP contribution is 2.63. The lowest BCUT2D eigenvalue weighted by molar-refractivity contribution is -0.137. The molecule has 1 N–H and O–H groups in total. The highest BCUT2D eigenvalue weighted by Gasteiger charge is 2.54. The fourth-order valence-electron chi connectivity index (χ4n) is 3.05. The summed E-state index contributed by atoms with van der Waals surface area (Å²) in [5.74, 6) is -0.394. The molecule has 0 aliphatic heterocycles. The number of carboxylic acids is 1. The van der Waals surface area contributed by atoms with Gasteiger partial charge >= 0.3 is 5.97 Å². The van der Waals surface area contributed by atoms with E-state index in [-0.39, 0.29) is 5.92 Å². The molecule has 78 valence electrons. The summed E-state index contributed by atoms with van der Waals surface area (Å²) in [7, 11) is 0. The van der Waals surface area contributed by atoms with Gasteiger partial charge in [-0.1, -0.05) is 24.3 Å². The monoisotopic (exact) mass is 202 g/mol. The molecule has 1 spiro atoms. The van der Waals surface area contributed by atoms with Crippen LogP contribution in [0, 0.1) is 5.41 Å². The van der Waals surface area contributed by atoms with Crippen LogP contribution in [-0.2, 0) is 11.2 Å². The first-order valence-electron chi connectivity index (χ1n) is 5.51. The summed E-state index contributed by atoms with van der Waals surface area (Å²) in [6.07, 6.45) is 3.82. The van der Waals surface area contributed by atoms with Crippen molar-refractivity contribution in [1.29, 1.82) is 0 Å². The van der Waals surface area contributed by atoms with Crippen LogP contribution in [0.25, 0.3) is 0 Å². The molecule has 3 rings (SSSR count). The van der Waals surface area contributed by atoms with Crippen LogP contribution >= 0.6 is 0 Å². The number of carbonyl (C=O) groups is 1. The molecule has 15 heavy (non-hydrogen) atoms. The second-order valence-corrected chi connectivity index (χ2v) is 4.89. The minimum Gasteiger partial charge on any atom is -0.481 e. The van der Waals surface area contributed by atoms with Crippen molar-refractivity contribution in [3.8, 4) is 0 Å². The molecule has 1 aromatic rings. The van der Waals surface area contributed by atoms with Gasteiger partial charge in [-0.3, -0.25) is 4.79 Å². The maximum absolute atomic E-state index is 10.9. The predicted molar refractivity (Wildman–Crippen MR) is 56.8 cm³/mol. The molecule has 1 atom stereocenters. The smallest absolute Gasteiger partial charge is 0.303 e. The molecule has 0 saturated heterocycles. The number of carboxylic acid groups (broad SMARTS) is 1. The fourth-order valence-corrected chi connectivity index (χ4v) is 3.05. The van der Waals surface area contributed by atoms with Crippen molar-refractivity contribution in [1.82, 2.24) is 0 Å². The van der Waals surface area contributed by atoms with Gasteiger partial charge in [0, 0.05) is 5.92 Å². The minimum atomic E-state index is -0.664. The molecule has 2 heteroatoms. The zero-order valence-electron chi connectivity index (χ0n) is 8.57. The van der Waals surface area contributed by atoms with Crippen molar-refractivity contribution in [2.24, 2.45) is 5.41 Å². The van der Waals surface area contributed by atoms with Gasteiger partial charge < -0.3 is 5.11 Å². The van der Waals surface area contributed by atoms with E-state index in [1.165, 1.54) is 24.0 Å². The van der Waals surface area contributed by atoms with Gasteiger partial charge in [0.2, 0.25) is 0 Å². The average Bonchev–Trinajstić information content (AvgIpc) is 2.89. The molecule has 1 unspecified atom stereocenters. The largest absolute Gasteiger partial charge is 0.481 e. The van der Waals surface area contributed by atoms with Crippen LogP contribution in [-0.4, -0.2) is 11.1 Å². The van der Waals surface area contributed by atoms with Crippen LogP contribution in [0.5, 0.6) is 0 Å². The van der Waals surface area contributed by atoms with Gasteiger partial charge in [-0.05, 0) is 35.8 Å². The Morgan fingerprint density at radius 3 is 2.80 bits per heavy atom. The van der Waals surface area contributed by atoms with Crippen LogP contribution < -0.4 is 0 Å². The molecule has 2 nitrogen and oxygen atoms in total. The van der Waals surface area contributed by atoms with Gasteiger partial charge in [-0.25, -0.2) is 0 Å². The summed E-state index contributed by atoms with van der Waals surface area (Å²) in [4.78, 5) is 10.9. The first-order valence-corrected chi connectivity index (χ1v) is 5.51. The zero-order chi connectivity index (χ0) is 10.5. The summed E-state index contributed by atoms with van der Waals surface area (Å²) in [5.41, 5.74) is 2.99. The first kappa shape index (κ1) is 8.96. The Labute approximate surface area is 88.9 Å². The van der Waals surface area contributed by atoms with Gasteiger partial charge in [0.05, 0.1) is 6.42 Å². The standard InChI is InChI=1S/C13H14O2/c14-12(15)7-11-10-4-2-1-3-9(10)8-13(11)5-6-13/h1-4,11H,5-8H2,(H,14,15). The zero-order valence-corrected chi connectivity index (χ0v) is 8.57. The maximum atomic E-state index is 10.9. The molecule has 1 fully saturated rings. The highest BCUT2D eigenvalue weighted by atomic mass is 16.4. The van der Waals surface area contributed by atoms with Crippen molar-refractivity contribution in [3.63, 3.8) is 0 Å². The van der Waals surface area contributed by atoms with Crippen LogP contribution in [0.3, 0.4) is 0 Å². The average molecular weight is 202 g/mol. The van der Waals surface area contributed by atoms with Crippen LogP contribution in [0.4, 0.5) is 0 Å². The van der Waals surface area contributed by atoms with E-state index < -0.39 is 5.97 Å². The van der Waals surface area contributed by atoms with Crippen LogP contribution in [0.1, 0.15) is 36.3 Å². The Morgan fingerprint density at radius 1 is 1.40 bits per heavy atom. The van der Waals surface area contributed by atoms with E-state index in [0.717, 1.165) is 6.42 Å². The molecule has 2 aliphatic carbocycles. The SMILES string of the molecule is O=C(O)CC1c2ccccc2CC12CC2. The summed E-state index contributed by atoms with van der Waals surface area (Å²) in [6, 6.07) is 8.33. The molecule has 1 aromatic carbocycles. The third-order valence-corrected chi connectivity index (χ3v) is 3.98. The van der Waals surface area contributed by atoms with E-state index in [1.54, 1.807) is 0 Å². The lowest BCUT2D eigenvalue weighted by Gasteiger charge is -2.16. The van der Waals surface area contributed by atoms with E-state index >= 15 is 0 Å². The van der Waals surface area contributed by atoms with Crippen molar-refractivity contribution in [3.05, 3.63) is 35.4 Å². The van der Waals surface area contributed by atoms with Gasteiger partial charge in [0.1, 0.15) is 0 Å². The summed E-state index contributed by atoms with van der Waals surface area (Å²) >= 11 is 0. The van der Waals surface area contributed by atoms with Crippen molar-refractivity contribution < 1.29 is 9.90 Å². The Morgan fingerprint density at radius 2 is 2.13 bits per heavy atom. The Hall–Kier alpha value is -1.31. The predicted octanol–water partition coefficient (Wildman–Crippen LogP) is 2.58. The third kappa shape index (κ3) is 1.28. The molecule has 2 aliphatic rings. The van der Waals surface area contributed by atoms with Gasteiger partial charge in [-0.15, -0.1) is 0 Å². The van der Waals surface area contributed by atoms with Crippen molar-refractivity contribution >= 4 is 5.97 Å². The van der Waals surface area contributed by atoms with E-state index in [0.29, 0.717) is 11.8 Å². The Balaban J connectivity index is 2.00. The number of fused-ring (bicyclic) bond motifs is 1. The molecule has 0 bridgehead atoms. The van der Waals surface area contributed by atoms with Gasteiger partial charge in [0.25, 0.3) is 0 Å². The fraction of sp³-hybridized carbons (Fsp3) is 0.462. The van der Waals surface area contributed by atoms with Crippen molar-refractivity contribution in [2.75, 3.05) is 0 Å². The van der Waals surface area contributed by atoms with E-state index in [9.17, 15) is 4.79 Å². The molecule has 0 radical (unpaired) electrons. The normalized spacial score (nSPS) is 25.2. The Kier molecular flexibility index (Phi) is 1.70. The number of hydrogen-bond acceptors (Lipinski definition) is 1. The summed E-state index contributed by atoms with van der Waals surface area (Å²) < 4.78 is 0. The third-order valence-electron chi connectivity index (χ3n) is 3.98. The second-order valence-electron chi connectivity index (χ2n) is 4.89. The number of aliphatic carboxylic acids is 1. The molecular formula is C13H14O2. The maximum Gasteiger partial charge on any atom is 0.303 e. The quantitative estimate of drug-likeness (QED) is 0.800. The molecule has 0 heterocycles. The Bertz CT molecular complexity index is 418. The lowest BCUT2D eigenvalue weighted by Crippen LogP contribution is -2.13. The summed E-state index contributed by atoms with van der Waals surface area (Å²) in [6.45, 7) is 0. The van der Waals surface area contributed by atoms with E-state index in [4.69, 9.17) is 5.11 Å². The topological polar surface area (TPSA) is 37.3 Å². The van der Waals surface area contributed by atoms with Gasteiger partial charge in [-0.2, -0.15) is 0 Å². The number of hydrogen-bond donors (Lipinski definition) is 1.